The Kier molecular flexibility index (Phi) is 5.15. The zero-order valence-electron chi connectivity index (χ0n) is 12.6. The van der Waals surface area contributed by atoms with Crippen LogP contribution in [-0.4, -0.2) is 32.0 Å². The molecule has 0 amide bonds. The molecule has 0 aromatic carbocycles. The molecule has 0 radical (unpaired) electrons. The summed E-state index contributed by atoms with van der Waals surface area (Å²) in [6, 6.07) is 0.135. The number of nitrogens with one attached hydrogen (secondary N) is 1. The summed E-state index contributed by atoms with van der Waals surface area (Å²) in [7, 11) is -2.90. The highest BCUT2D eigenvalue weighted by atomic mass is 32.2. The Morgan fingerprint density at radius 3 is 2.37 bits per heavy atom. The molecule has 6 heteroatoms. The Labute approximate surface area is 120 Å². The molecule has 0 aliphatic rings. The first-order chi connectivity index (χ1) is 8.50. The summed E-state index contributed by atoms with van der Waals surface area (Å²) >= 11 is 1.71. The summed E-state index contributed by atoms with van der Waals surface area (Å²) < 4.78 is 22.2. The summed E-state index contributed by atoms with van der Waals surface area (Å²) in [6.07, 6.45) is 1.26. The van der Waals surface area contributed by atoms with E-state index in [0.717, 1.165) is 10.7 Å². The molecule has 0 saturated heterocycles. The first-order valence-electron chi connectivity index (χ1n) is 6.39. The normalized spacial score (nSPS) is 14.6. The van der Waals surface area contributed by atoms with Crippen molar-refractivity contribution in [2.75, 3.05) is 18.6 Å². The molecular formula is C13H24N2O2S2. The lowest BCUT2D eigenvalue weighted by Gasteiger charge is -2.14. The minimum atomic E-state index is -2.90. The Balaban J connectivity index is 2.72. The second kappa shape index (κ2) is 5.89. The third kappa shape index (κ3) is 5.20. The van der Waals surface area contributed by atoms with E-state index in [1.54, 1.807) is 11.3 Å². The molecule has 1 aromatic rings. The fourth-order valence-electron chi connectivity index (χ4n) is 1.68. The number of hydrogen-bond acceptors (Lipinski definition) is 5. The SMILES string of the molecule is Cc1nc(C(C)(C)C)sc1C(C)NCCS(C)(=O)=O. The standard InChI is InChI=1S/C13H24N2O2S2/c1-9(14-7-8-19(6,16)17)11-10(2)15-12(18-11)13(3,4)5/h9,14H,7-8H2,1-6H3. The Morgan fingerprint density at radius 1 is 1.37 bits per heavy atom. The van der Waals surface area contributed by atoms with Crippen LogP contribution in [0.15, 0.2) is 0 Å². The first-order valence-corrected chi connectivity index (χ1v) is 9.27. The van der Waals surface area contributed by atoms with Crippen molar-refractivity contribution in [2.24, 2.45) is 0 Å². The molecule has 4 nitrogen and oxygen atoms in total. The summed E-state index contributed by atoms with van der Waals surface area (Å²) in [5.74, 6) is 0.168. The van der Waals surface area contributed by atoms with Gasteiger partial charge in [-0.15, -0.1) is 11.3 Å². The molecule has 0 aliphatic carbocycles. The molecule has 1 rings (SSSR count). The van der Waals surface area contributed by atoms with Crippen LogP contribution in [0.25, 0.3) is 0 Å². The van der Waals surface area contributed by atoms with Crippen LogP contribution in [-0.2, 0) is 15.3 Å². The van der Waals surface area contributed by atoms with Crippen LogP contribution < -0.4 is 5.32 Å². The van der Waals surface area contributed by atoms with Gasteiger partial charge in [0.25, 0.3) is 0 Å². The van der Waals surface area contributed by atoms with Crippen LogP contribution in [0.1, 0.15) is 49.3 Å². The highest BCUT2D eigenvalue weighted by Crippen LogP contribution is 2.32. The van der Waals surface area contributed by atoms with Crippen LogP contribution in [0.5, 0.6) is 0 Å². The minimum Gasteiger partial charge on any atom is -0.308 e. The van der Waals surface area contributed by atoms with Gasteiger partial charge in [0, 0.05) is 29.1 Å². The smallest absolute Gasteiger partial charge is 0.148 e. The number of thiazole rings is 1. The molecule has 1 N–H and O–H groups in total. The van der Waals surface area contributed by atoms with Crippen LogP contribution in [0.4, 0.5) is 0 Å². The lowest BCUT2D eigenvalue weighted by molar-refractivity contribution is 0.577. The predicted octanol–water partition coefficient (Wildman–Crippen LogP) is 2.44. The molecule has 0 fully saturated rings. The van der Waals surface area contributed by atoms with Gasteiger partial charge in [-0.05, 0) is 13.8 Å². The summed E-state index contributed by atoms with van der Waals surface area (Å²) in [5, 5.41) is 4.37. The van der Waals surface area contributed by atoms with Crippen molar-refractivity contribution in [3.63, 3.8) is 0 Å². The summed E-state index contributed by atoms with van der Waals surface area (Å²) in [4.78, 5) is 5.81. The molecule has 0 spiro atoms. The van der Waals surface area contributed by atoms with Gasteiger partial charge in [0.15, 0.2) is 0 Å². The minimum absolute atomic E-state index is 0.0557. The van der Waals surface area contributed by atoms with Crippen molar-refractivity contribution in [3.05, 3.63) is 15.6 Å². The zero-order chi connectivity index (χ0) is 14.8. The molecule has 1 unspecified atom stereocenters. The molecular weight excluding hydrogens is 280 g/mol. The van der Waals surface area contributed by atoms with E-state index < -0.39 is 9.84 Å². The molecule has 1 atom stereocenters. The number of sulfone groups is 1. The average molecular weight is 304 g/mol. The molecule has 1 heterocycles. The molecule has 0 aliphatic heterocycles. The predicted molar refractivity (Wildman–Crippen MR) is 81.7 cm³/mol. The highest BCUT2D eigenvalue weighted by molar-refractivity contribution is 7.90. The van der Waals surface area contributed by atoms with E-state index in [1.807, 2.05) is 6.92 Å². The lowest BCUT2D eigenvalue weighted by Crippen LogP contribution is -2.25. The fourth-order valence-corrected chi connectivity index (χ4v) is 3.32. The monoisotopic (exact) mass is 304 g/mol. The number of nitrogens with zero attached hydrogens (tertiary/aromatic N) is 1. The van der Waals surface area contributed by atoms with Crippen molar-refractivity contribution in [3.8, 4) is 0 Å². The largest absolute Gasteiger partial charge is 0.308 e. The van der Waals surface area contributed by atoms with Gasteiger partial charge in [-0.1, -0.05) is 20.8 Å². The average Bonchev–Trinajstić information content (AvgIpc) is 2.57. The molecule has 1 aromatic heterocycles. The van der Waals surface area contributed by atoms with Crippen molar-refractivity contribution < 1.29 is 8.42 Å². The van der Waals surface area contributed by atoms with E-state index in [-0.39, 0.29) is 17.2 Å². The molecule has 19 heavy (non-hydrogen) atoms. The second-order valence-corrected chi connectivity index (χ2v) is 9.31. The van der Waals surface area contributed by atoms with Gasteiger partial charge in [-0.25, -0.2) is 13.4 Å². The Bertz CT molecular complexity index is 527. The van der Waals surface area contributed by atoms with E-state index in [0.29, 0.717) is 6.54 Å². The van der Waals surface area contributed by atoms with Gasteiger partial charge < -0.3 is 5.32 Å². The summed E-state index contributed by atoms with van der Waals surface area (Å²) in [5.41, 5.74) is 1.09. The number of aryl methyl sites for hydroxylation is 1. The van der Waals surface area contributed by atoms with E-state index in [2.05, 4.69) is 38.0 Å². The van der Waals surface area contributed by atoms with Crippen LogP contribution in [0.3, 0.4) is 0 Å². The highest BCUT2D eigenvalue weighted by Gasteiger charge is 2.22. The maximum atomic E-state index is 11.1. The van der Waals surface area contributed by atoms with Crippen LogP contribution in [0, 0.1) is 6.92 Å². The van der Waals surface area contributed by atoms with Gasteiger partial charge in [-0.2, -0.15) is 0 Å². The van der Waals surface area contributed by atoms with Gasteiger partial charge in [0.1, 0.15) is 9.84 Å². The van der Waals surface area contributed by atoms with E-state index in [4.69, 9.17) is 0 Å². The number of aromatic nitrogens is 1. The third-order valence-corrected chi connectivity index (χ3v) is 5.50. The quantitative estimate of drug-likeness (QED) is 0.908. The fraction of sp³-hybridized carbons (Fsp3) is 0.769. The van der Waals surface area contributed by atoms with Crippen molar-refractivity contribution >= 4 is 21.2 Å². The molecule has 110 valence electrons. The third-order valence-electron chi connectivity index (χ3n) is 2.79. The van der Waals surface area contributed by atoms with Crippen molar-refractivity contribution in [1.82, 2.24) is 10.3 Å². The summed E-state index contributed by atoms with van der Waals surface area (Å²) in [6.45, 7) is 11.0. The lowest BCUT2D eigenvalue weighted by atomic mass is 9.98. The maximum Gasteiger partial charge on any atom is 0.148 e. The maximum absolute atomic E-state index is 11.1. The topological polar surface area (TPSA) is 59.1 Å². The van der Waals surface area contributed by atoms with Crippen molar-refractivity contribution in [1.29, 1.82) is 0 Å². The number of hydrogen-bond donors (Lipinski definition) is 1. The Hall–Kier alpha value is -0.460. The zero-order valence-corrected chi connectivity index (χ0v) is 14.2. The van der Waals surface area contributed by atoms with Gasteiger partial charge >= 0.3 is 0 Å². The molecule has 0 bridgehead atoms. The van der Waals surface area contributed by atoms with E-state index in [9.17, 15) is 8.42 Å². The van der Waals surface area contributed by atoms with Crippen LogP contribution in [0.2, 0.25) is 0 Å². The van der Waals surface area contributed by atoms with Crippen molar-refractivity contribution in [2.45, 2.75) is 46.1 Å². The number of rotatable bonds is 5. The van der Waals surface area contributed by atoms with Gasteiger partial charge in [-0.3, -0.25) is 0 Å². The second-order valence-electron chi connectivity index (χ2n) is 6.02. The Morgan fingerprint density at radius 2 is 1.95 bits per heavy atom. The van der Waals surface area contributed by atoms with Gasteiger partial charge in [0.2, 0.25) is 0 Å². The van der Waals surface area contributed by atoms with E-state index in [1.165, 1.54) is 11.1 Å². The van der Waals surface area contributed by atoms with Gasteiger partial charge in [0.05, 0.1) is 16.5 Å². The first kappa shape index (κ1) is 16.6. The van der Waals surface area contributed by atoms with E-state index >= 15 is 0 Å². The van der Waals surface area contributed by atoms with Crippen LogP contribution >= 0.6 is 11.3 Å². The molecule has 0 saturated carbocycles.